The third-order valence-corrected chi connectivity index (χ3v) is 7.28. The van der Waals surface area contributed by atoms with E-state index in [0.717, 1.165) is 35.7 Å². The predicted molar refractivity (Wildman–Crippen MR) is 114 cm³/mol. The molecular formula is C24H34BrFO. The molecule has 0 heterocycles. The zero-order chi connectivity index (χ0) is 19.1. The average Bonchev–Trinajstić information content (AvgIpc) is 2.70. The topological polar surface area (TPSA) is 9.23 Å². The lowest BCUT2D eigenvalue weighted by molar-refractivity contribution is 0.153. The Morgan fingerprint density at radius 2 is 1.70 bits per heavy atom. The van der Waals surface area contributed by atoms with Crippen LogP contribution in [0.1, 0.15) is 68.9 Å². The summed E-state index contributed by atoms with van der Waals surface area (Å²) in [6.07, 6.45) is 15.7. The molecule has 0 N–H and O–H groups in total. The van der Waals surface area contributed by atoms with E-state index in [1.807, 2.05) is 11.1 Å². The molecule has 0 saturated heterocycles. The van der Waals surface area contributed by atoms with E-state index in [-0.39, 0.29) is 5.82 Å². The second-order valence-electron chi connectivity index (χ2n) is 8.67. The Hall–Kier alpha value is -0.670. The van der Waals surface area contributed by atoms with Gasteiger partial charge in [0.15, 0.2) is 0 Å². The van der Waals surface area contributed by atoms with Gasteiger partial charge < -0.3 is 4.74 Å². The summed E-state index contributed by atoms with van der Waals surface area (Å²) < 4.78 is 19.1. The standard InChI is InChI=1S/C24H34BrFO/c1-27-17-23-13-8-20(16-24(23)26)3-2-18-4-9-21(10-5-18)22-11-6-19(7-12-22)14-15-25/h8,13-16,18-19,21-22H,2-7,9-12,17H2,1H3/b15-14+. The van der Waals surface area contributed by atoms with Crippen LogP contribution in [0.4, 0.5) is 4.39 Å². The molecular weight excluding hydrogens is 403 g/mol. The van der Waals surface area contributed by atoms with Crippen LogP contribution in [0.15, 0.2) is 29.3 Å². The van der Waals surface area contributed by atoms with Gasteiger partial charge in [-0.2, -0.15) is 0 Å². The van der Waals surface area contributed by atoms with E-state index >= 15 is 0 Å². The minimum Gasteiger partial charge on any atom is -0.380 e. The van der Waals surface area contributed by atoms with Crippen molar-refractivity contribution in [2.45, 2.75) is 70.8 Å². The van der Waals surface area contributed by atoms with Crippen molar-refractivity contribution in [2.24, 2.45) is 23.7 Å². The molecule has 2 aliphatic carbocycles. The number of rotatable bonds is 7. The van der Waals surface area contributed by atoms with Crippen molar-refractivity contribution in [2.75, 3.05) is 7.11 Å². The van der Waals surface area contributed by atoms with Crippen molar-refractivity contribution in [3.63, 3.8) is 0 Å². The van der Waals surface area contributed by atoms with Crippen LogP contribution in [-0.2, 0) is 17.8 Å². The minimum absolute atomic E-state index is 0.122. The van der Waals surface area contributed by atoms with Crippen LogP contribution in [0, 0.1) is 29.5 Å². The van der Waals surface area contributed by atoms with Gasteiger partial charge in [0, 0.05) is 12.7 Å². The third kappa shape index (κ3) is 6.15. The molecule has 1 nitrogen and oxygen atoms in total. The Bertz CT molecular complexity index is 598. The van der Waals surface area contributed by atoms with Crippen molar-refractivity contribution >= 4 is 15.9 Å². The van der Waals surface area contributed by atoms with Crippen LogP contribution in [0.2, 0.25) is 0 Å². The quantitative estimate of drug-likeness (QED) is 0.431. The van der Waals surface area contributed by atoms with E-state index in [9.17, 15) is 4.39 Å². The van der Waals surface area contributed by atoms with Crippen LogP contribution in [0.5, 0.6) is 0 Å². The number of methoxy groups -OCH3 is 1. The number of hydrogen-bond acceptors (Lipinski definition) is 1. The van der Waals surface area contributed by atoms with Gasteiger partial charge in [-0.25, -0.2) is 4.39 Å². The second-order valence-corrected chi connectivity index (χ2v) is 9.20. The highest BCUT2D eigenvalue weighted by atomic mass is 79.9. The SMILES string of the molecule is COCc1ccc(CCC2CCC(C3CCC(/C=C/Br)CC3)CC2)cc1F. The van der Waals surface area contributed by atoms with Crippen molar-refractivity contribution < 1.29 is 9.13 Å². The molecule has 2 saturated carbocycles. The van der Waals surface area contributed by atoms with Crippen LogP contribution in [-0.4, -0.2) is 7.11 Å². The fraction of sp³-hybridized carbons (Fsp3) is 0.667. The first-order valence-electron chi connectivity index (χ1n) is 10.7. The van der Waals surface area contributed by atoms with E-state index in [4.69, 9.17) is 4.74 Å². The normalized spacial score (nSPS) is 29.3. The molecule has 0 aromatic heterocycles. The third-order valence-electron chi connectivity index (χ3n) is 6.98. The van der Waals surface area contributed by atoms with Crippen molar-refractivity contribution in [3.05, 3.63) is 46.2 Å². The Balaban J connectivity index is 1.39. The van der Waals surface area contributed by atoms with Gasteiger partial charge in [0.05, 0.1) is 6.61 Å². The van der Waals surface area contributed by atoms with Crippen LogP contribution in [0.25, 0.3) is 0 Å². The largest absolute Gasteiger partial charge is 0.380 e. The summed E-state index contributed by atoms with van der Waals surface area (Å²) in [7, 11) is 1.61. The lowest BCUT2D eigenvalue weighted by atomic mass is 9.68. The number of allylic oxidation sites excluding steroid dienone is 1. The van der Waals surface area contributed by atoms with E-state index in [1.165, 1.54) is 57.8 Å². The summed E-state index contributed by atoms with van der Waals surface area (Å²) in [4.78, 5) is 2.04. The molecule has 0 spiro atoms. The van der Waals surface area contributed by atoms with Crippen LogP contribution in [0.3, 0.4) is 0 Å². The lowest BCUT2D eigenvalue weighted by Gasteiger charge is -2.37. The fourth-order valence-corrected chi connectivity index (χ4v) is 5.68. The highest BCUT2D eigenvalue weighted by Gasteiger charge is 2.30. The molecule has 0 unspecified atom stereocenters. The molecule has 0 bridgehead atoms. The average molecular weight is 437 g/mol. The predicted octanol–water partition coefficient (Wildman–Crippen LogP) is 7.43. The first kappa shape index (κ1) is 21.0. The lowest BCUT2D eigenvalue weighted by Crippen LogP contribution is -2.25. The number of ether oxygens (including phenoxy) is 1. The van der Waals surface area contributed by atoms with Crippen LogP contribution < -0.4 is 0 Å². The van der Waals surface area contributed by atoms with Gasteiger partial charge in [0.2, 0.25) is 0 Å². The van der Waals surface area contributed by atoms with E-state index in [0.29, 0.717) is 12.2 Å². The number of aryl methyl sites for hydroxylation is 1. The molecule has 0 amide bonds. The molecule has 0 atom stereocenters. The maximum atomic E-state index is 14.0. The zero-order valence-corrected chi connectivity index (χ0v) is 18.2. The molecule has 2 aliphatic rings. The number of hydrogen-bond donors (Lipinski definition) is 0. The maximum Gasteiger partial charge on any atom is 0.128 e. The highest BCUT2D eigenvalue weighted by Crippen LogP contribution is 2.42. The summed E-state index contributed by atoms with van der Waals surface area (Å²) in [6, 6.07) is 5.66. The van der Waals surface area contributed by atoms with Gasteiger partial charge in [-0.15, -0.1) is 0 Å². The molecule has 2 fully saturated rings. The summed E-state index contributed by atoms with van der Waals surface area (Å²) in [6.45, 7) is 0.352. The fourth-order valence-electron chi connectivity index (χ4n) is 5.25. The van der Waals surface area contributed by atoms with Gasteiger partial charge in [0.1, 0.15) is 5.82 Å². The molecule has 0 aliphatic heterocycles. The smallest absolute Gasteiger partial charge is 0.128 e. The molecule has 3 rings (SSSR count). The van der Waals surface area contributed by atoms with Gasteiger partial charge in [-0.05, 0) is 91.7 Å². The van der Waals surface area contributed by atoms with Crippen molar-refractivity contribution in [3.8, 4) is 0 Å². The molecule has 3 heteroatoms. The summed E-state index contributed by atoms with van der Waals surface area (Å²) in [5.74, 6) is 3.43. The Labute approximate surface area is 172 Å². The second kappa shape index (κ2) is 10.8. The maximum absolute atomic E-state index is 14.0. The number of halogens is 2. The summed E-state index contributed by atoms with van der Waals surface area (Å²) in [5, 5.41) is 0. The first-order valence-corrected chi connectivity index (χ1v) is 11.6. The summed E-state index contributed by atoms with van der Waals surface area (Å²) >= 11 is 3.42. The van der Waals surface area contributed by atoms with Crippen molar-refractivity contribution in [1.29, 1.82) is 0 Å². The van der Waals surface area contributed by atoms with Gasteiger partial charge in [-0.1, -0.05) is 47.0 Å². The minimum atomic E-state index is -0.122. The Morgan fingerprint density at radius 3 is 2.30 bits per heavy atom. The highest BCUT2D eigenvalue weighted by molar-refractivity contribution is 9.11. The van der Waals surface area contributed by atoms with Crippen molar-refractivity contribution in [1.82, 2.24) is 0 Å². The molecule has 1 aromatic rings. The zero-order valence-electron chi connectivity index (χ0n) is 16.6. The van der Waals surface area contributed by atoms with Gasteiger partial charge in [-0.3, -0.25) is 0 Å². The summed E-state index contributed by atoms with van der Waals surface area (Å²) in [5.41, 5.74) is 1.79. The molecule has 0 radical (unpaired) electrons. The first-order chi connectivity index (χ1) is 13.2. The van der Waals surface area contributed by atoms with E-state index in [2.05, 4.69) is 28.1 Å². The Morgan fingerprint density at radius 1 is 1.04 bits per heavy atom. The van der Waals surface area contributed by atoms with Crippen LogP contribution >= 0.6 is 15.9 Å². The van der Waals surface area contributed by atoms with E-state index in [1.54, 1.807) is 13.2 Å². The van der Waals surface area contributed by atoms with E-state index < -0.39 is 0 Å². The number of benzene rings is 1. The van der Waals surface area contributed by atoms with Gasteiger partial charge in [0.25, 0.3) is 0 Å². The monoisotopic (exact) mass is 436 g/mol. The Kier molecular flexibility index (Phi) is 8.39. The molecule has 1 aromatic carbocycles. The molecule has 150 valence electrons. The molecule has 27 heavy (non-hydrogen) atoms. The van der Waals surface area contributed by atoms with Gasteiger partial charge >= 0.3 is 0 Å².